The first-order valence-electron chi connectivity index (χ1n) is 5.80. The first kappa shape index (κ1) is 13.5. The molecule has 0 saturated carbocycles. The van der Waals surface area contributed by atoms with Gasteiger partial charge in [0.25, 0.3) is 0 Å². The molecule has 1 saturated heterocycles. The highest BCUT2D eigenvalue weighted by molar-refractivity contribution is 7.89. The van der Waals surface area contributed by atoms with Crippen LogP contribution in [0.2, 0.25) is 0 Å². The molecule has 18 heavy (non-hydrogen) atoms. The second-order valence-corrected chi connectivity index (χ2v) is 6.37. The standard InChI is InChI=1S/C12H16FNO3S/c13-11-3-1-9(2-4-11)7-10-8-17-6-5-12(10)18(14,15)16/h1-4,10,12H,5-8H2,(H2,14,15,16)/t10-,12-/m0/s1. The van der Waals surface area contributed by atoms with Crippen molar-refractivity contribution in [3.8, 4) is 0 Å². The van der Waals surface area contributed by atoms with Gasteiger partial charge in [-0.15, -0.1) is 0 Å². The molecule has 2 rings (SSSR count). The highest BCUT2D eigenvalue weighted by Crippen LogP contribution is 2.24. The summed E-state index contributed by atoms with van der Waals surface area (Å²) in [5.41, 5.74) is 0.889. The third kappa shape index (κ3) is 3.28. The normalized spacial score (nSPS) is 25.0. The summed E-state index contributed by atoms with van der Waals surface area (Å²) < 4.78 is 41.1. The molecule has 0 spiro atoms. The number of rotatable bonds is 3. The summed E-state index contributed by atoms with van der Waals surface area (Å²) >= 11 is 0. The molecule has 0 aromatic heterocycles. The lowest BCUT2D eigenvalue weighted by Gasteiger charge is -2.29. The van der Waals surface area contributed by atoms with Gasteiger partial charge in [-0.25, -0.2) is 17.9 Å². The summed E-state index contributed by atoms with van der Waals surface area (Å²) in [6.45, 7) is 0.791. The van der Waals surface area contributed by atoms with Gasteiger partial charge < -0.3 is 4.74 Å². The van der Waals surface area contributed by atoms with Crippen LogP contribution in [0.1, 0.15) is 12.0 Å². The van der Waals surface area contributed by atoms with Gasteiger partial charge in [0.05, 0.1) is 11.9 Å². The summed E-state index contributed by atoms with van der Waals surface area (Å²) in [5.74, 6) is -0.471. The molecule has 1 fully saturated rings. The van der Waals surface area contributed by atoms with Crippen molar-refractivity contribution in [2.75, 3.05) is 13.2 Å². The molecule has 4 nitrogen and oxygen atoms in total. The lowest BCUT2D eigenvalue weighted by molar-refractivity contribution is 0.0572. The van der Waals surface area contributed by atoms with Crippen molar-refractivity contribution in [3.05, 3.63) is 35.6 Å². The quantitative estimate of drug-likeness (QED) is 0.895. The Kier molecular flexibility index (Phi) is 3.99. The van der Waals surface area contributed by atoms with Crippen LogP contribution in [0.25, 0.3) is 0 Å². The van der Waals surface area contributed by atoms with Gasteiger partial charge in [-0.1, -0.05) is 12.1 Å². The predicted molar refractivity (Wildman–Crippen MR) is 65.9 cm³/mol. The highest BCUT2D eigenvalue weighted by atomic mass is 32.2. The zero-order valence-electron chi connectivity index (χ0n) is 9.88. The van der Waals surface area contributed by atoms with E-state index in [1.54, 1.807) is 12.1 Å². The van der Waals surface area contributed by atoms with Crippen molar-refractivity contribution >= 4 is 10.0 Å². The summed E-state index contributed by atoms with van der Waals surface area (Å²) in [4.78, 5) is 0. The Morgan fingerprint density at radius 3 is 2.61 bits per heavy atom. The van der Waals surface area contributed by atoms with Gasteiger partial charge in [-0.05, 0) is 30.5 Å². The minimum Gasteiger partial charge on any atom is -0.381 e. The fourth-order valence-corrected chi connectivity index (χ4v) is 3.46. The van der Waals surface area contributed by atoms with Crippen LogP contribution in [-0.4, -0.2) is 26.9 Å². The third-order valence-electron chi connectivity index (χ3n) is 3.24. The molecule has 6 heteroatoms. The molecular weight excluding hydrogens is 257 g/mol. The first-order chi connectivity index (χ1) is 8.47. The summed E-state index contributed by atoms with van der Waals surface area (Å²) in [7, 11) is -3.56. The Hall–Kier alpha value is -0.980. The largest absolute Gasteiger partial charge is 0.381 e. The van der Waals surface area contributed by atoms with Crippen molar-refractivity contribution in [2.45, 2.75) is 18.1 Å². The summed E-state index contributed by atoms with van der Waals surface area (Å²) in [6, 6.07) is 6.05. The summed E-state index contributed by atoms with van der Waals surface area (Å²) in [6.07, 6.45) is 0.950. The zero-order chi connectivity index (χ0) is 13.2. The van der Waals surface area contributed by atoms with Crippen LogP contribution in [0.5, 0.6) is 0 Å². The van der Waals surface area contributed by atoms with Crippen molar-refractivity contribution in [1.82, 2.24) is 0 Å². The topological polar surface area (TPSA) is 69.4 Å². The smallest absolute Gasteiger partial charge is 0.212 e. The number of ether oxygens (including phenoxy) is 1. The van der Waals surface area contributed by atoms with Gasteiger partial charge in [0.2, 0.25) is 10.0 Å². The van der Waals surface area contributed by atoms with E-state index in [4.69, 9.17) is 9.88 Å². The minimum atomic E-state index is -3.56. The number of benzene rings is 1. The SMILES string of the molecule is NS(=O)(=O)[C@H]1CCOC[C@@H]1Cc1ccc(F)cc1. The highest BCUT2D eigenvalue weighted by Gasteiger charge is 2.33. The zero-order valence-corrected chi connectivity index (χ0v) is 10.7. The van der Waals surface area contributed by atoms with Gasteiger partial charge in [-0.3, -0.25) is 0 Å². The number of hydrogen-bond acceptors (Lipinski definition) is 3. The van der Waals surface area contributed by atoms with E-state index in [9.17, 15) is 12.8 Å². The molecule has 1 aliphatic rings. The van der Waals surface area contributed by atoms with E-state index < -0.39 is 15.3 Å². The van der Waals surface area contributed by atoms with E-state index in [0.29, 0.717) is 26.1 Å². The van der Waals surface area contributed by atoms with Crippen LogP contribution in [-0.2, 0) is 21.2 Å². The number of hydrogen-bond donors (Lipinski definition) is 1. The van der Waals surface area contributed by atoms with E-state index in [-0.39, 0.29) is 11.7 Å². The maximum atomic E-state index is 12.8. The number of primary sulfonamides is 1. The van der Waals surface area contributed by atoms with Gasteiger partial charge in [0.1, 0.15) is 5.82 Å². The van der Waals surface area contributed by atoms with Crippen LogP contribution in [0, 0.1) is 11.7 Å². The molecule has 1 aliphatic heterocycles. The molecule has 2 N–H and O–H groups in total. The number of sulfonamides is 1. The van der Waals surface area contributed by atoms with Gasteiger partial charge in [-0.2, -0.15) is 0 Å². The van der Waals surface area contributed by atoms with Gasteiger partial charge in [0, 0.05) is 12.5 Å². The molecule has 1 aromatic rings. The second kappa shape index (κ2) is 5.34. The summed E-state index contributed by atoms with van der Waals surface area (Å²) in [5, 5.41) is 4.66. The first-order valence-corrected chi connectivity index (χ1v) is 7.41. The van der Waals surface area contributed by atoms with Crippen molar-refractivity contribution in [3.63, 3.8) is 0 Å². The number of halogens is 1. The lowest BCUT2D eigenvalue weighted by Crippen LogP contribution is -2.42. The Morgan fingerprint density at radius 1 is 1.33 bits per heavy atom. The van der Waals surface area contributed by atoms with Gasteiger partial charge >= 0.3 is 0 Å². The molecular formula is C12H16FNO3S. The van der Waals surface area contributed by atoms with E-state index in [0.717, 1.165) is 5.56 Å². The molecule has 0 bridgehead atoms. The van der Waals surface area contributed by atoms with Crippen molar-refractivity contribution in [2.24, 2.45) is 11.1 Å². The molecule has 0 aliphatic carbocycles. The molecule has 1 aromatic carbocycles. The monoisotopic (exact) mass is 273 g/mol. The van der Waals surface area contributed by atoms with Crippen LogP contribution in [0.3, 0.4) is 0 Å². The Bertz CT molecular complexity index is 501. The predicted octanol–water partition coefficient (Wildman–Crippen LogP) is 1.06. The fraction of sp³-hybridized carbons (Fsp3) is 0.500. The van der Waals surface area contributed by atoms with E-state index in [1.165, 1.54) is 12.1 Å². The molecule has 0 amide bonds. The second-order valence-electron chi connectivity index (χ2n) is 4.58. The van der Waals surface area contributed by atoms with Crippen LogP contribution < -0.4 is 5.14 Å². The molecule has 1 heterocycles. The molecule has 0 radical (unpaired) electrons. The van der Waals surface area contributed by atoms with E-state index in [1.807, 2.05) is 0 Å². The number of nitrogens with two attached hydrogens (primary N) is 1. The van der Waals surface area contributed by atoms with Crippen LogP contribution in [0.15, 0.2) is 24.3 Å². The van der Waals surface area contributed by atoms with E-state index in [2.05, 4.69) is 0 Å². The Balaban J connectivity index is 2.13. The maximum Gasteiger partial charge on any atom is 0.212 e. The molecule has 100 valence electrons. The Labute approximate surface area is 106 Å². The lowest BCUT2D eigenvalue weighted by atomic mass is 9.93. The van der Waals surface area contributed by atoms with Crippen LogP contribution in [0.4, 0.5) is 4.39 Å². The van der Waals surface area contributed by atoms with Crippen molar-refractivity contribution < 1.29 is 17.5 Å². The molecule has 2 atom stereocenters. The van der Waals surface area contributed by atoms with Gasteiger partial charge in [0.15, 0.2) is 0 Å². The third-order valence-corrected chi connectivity index (χ3v) is 4.70. The van der Waals surface area contributed by atoms with Crippen molar-refractivity contribution in [1.29, 1.82) is 0 Å². The van der Waals surface area contributed by atoms with E-state index >= 15 is 0 Å². The van der Waals surface area contributed by atoms with Crippen LogP contribution >= 0.6 is 0 Å². The fourth-order valence-electron chi connectivity index (χ4n) is 2.32. The Morgan fingerprint density at radius 2 is 2.00 bits per heavy atom. The average molecular weight is 273 g/mol. The maximum absolute atomic E-state index is 12.8. The molecule has 0 unspecified atom stereocenters. The average Bonchev–Trinajstić information content (AvgIpc) is 2.31. The minimum absolute atomic E-state index is 0.167.